The summed E-state index contributed by atoms with van der Waals surface area (Å²) in [5, 5.41) is 2.61. The smallest absolute Gasteiger partial charge is 0.367 e. The molecule has 3 aromatic rings. The number of benzene rings is 1. The number of halogens is 4. The van der Waals surface area contributed by atoms with Crippen LogP contribution in [-0.4, -0.2) is 90.1 Å². The van der Waals surface area contributed by atoms with Crippen LogP contribution in [0.15, 0.2) is 47.7 Å². The average Bonchev–Trinajstić information content (AvgIpc) is 3.00. The number of aromatic nitrogens is 3. The Morgan fingerprint density at radius 3 is 2.35 bits per heavy atom. The van der Waals surface area contributed by atoms with E-state index in [0.717, 1.165) is 11.8 Å². The lowest BCUT2D eigenvalue weighted by atomic mass is 9.97. The van der Waals surface area contributed by atoms with Gasteiger partial charge in [0.05, 0.1) is 22.5 Å². The molecule has 4 heterocycles. The molecule has 2 aromatic heterocycles. The number of pyridine rings is 1. The highest BCUT2D eigenvalue weighted by Crippen LogP contribution is 2.37. The minimum Gasteiger partial charge on any atom is -0.367 e. The highest BCUT2D eigenvalue weighted by molar-refractivity contribution is 6.07. The van der Waals surface area contributed by atoms with Crippen molar-refractivity contribution in [3.05, 3.63) is 81.3 Å². The largest absolute Gasteiger partial charge is 0.417 e. The van der Waals surface area contributed by atoms with E-state index in [9.17, 15) is 22.8 Å². The van der Waals surface area contributed by atoms with Crippen molar-refractivity contribution in [2.75, 3.05) is 62.4 Å². The molecule has 2 aliphatic heterocycles. The first kappa shape index (κ1) is 33.1. The van der Waals surface area contributed by atoms with Crippen LogP contribution in [-0.2, 0) is 12.7 Å². The van der Waals surface area contributed by atoms with Crippen LogP contribution in [0.25, 0.3) is 5.57 Å². The molecule has 2 atom stereocenters. The molecule has 0 spiro atoms. The summed E-state index contributed by atoms with van der Waals surface area (Å²) in [6.45, 7) is 6.73. The van der Waals surface area contributed by atoms with Crippen molar-refractivity contribution < 1.29 is 22.4 Å². The number of likely N-dealkylation sites (N-methyl/N-ethyl adjacent to an activating group) is 1. The maximum atomic E-state index is 15.9. The monoisotopic (exact) mass is 642 g/mol. The van der Waals surface area contributed by atoms with Crippen LogP contribution in [0, 0.1) is 5.82 Å². The van der Waals surface area contributed by atoms with Crippen LogP contribution in [0.1, 0.15) is 47.3 Å². The summed E-state index contributed by atoms with van der Waals surface area (Å²) in [6, 6.07) is 3.37. The summed E-state index contributed by atoms with van der Waals surface area (Å²) in [5.74, 6) is -1.02. The lowest BCUT2D eigenvalue weighted by molar-refractivity contribution is -0.138. The van der Waals surface area contributed by atoms with Crippen LogP contribution in [0.3, 0.4) is 0 Å². The molecule has 0 saturated carbocycles. The van der Waals surface area contributed by atoms with Gasteiger partial charge in [-0.15, -0.1) is 0 Å². The summed E-state index contributed by atoms with van der Waals surface area (Å²) in [7, 11) is 5.92. The summed E-state index contributed by atoms with van der Waals surface area (Å²) in [5.41, 5.74) is -0.626. The first-order chi connectivity index (χ1) is 21.7. The molecule has 0 unspecified atom stereocenters. The molecule has 0 bridgehead atoms. The van der Waals surface area contributed by atoms with E-state index in [1.807, 2.05) is 55.8 Å². The van der Waals surface area contributed by atoms with Gasteiger partial charge >= 0.3 is 6.18 Å². The number of nitrogens with one attached hydrogen (secondary N) is 2. The molecule has 1 saturated heterocycles. The van der Waals surface area contributed by atoms with Crippen molar-refractivity contribution in [2.24, 2.45) is 0 Å². The Morgan fingerprint density at radius 2 is 1.76 bits per heavy atom. The second-order valence-electron chi connectivity index (χ2n) is 12.2. The molecule has 246 valence electrons. The maximum absolute atomic E-state index is 15.9. The molecule has 0 radical (unpaired) electrons. The van der Waals surface area contributed by atoms with E-state index in [1.165, 1.54) is 12.1 Å². The molecule has 1 fully saturated rings. The minimum absolute atomic E-state index is 0.0947. The Morgan fingerprint density at radius 1 is 1.09 bits per heavy atom. The lowest BCUT2D eigenvalue weighted by Gasteiger charge is -2.44. The molecular formula is C32H38F4N8O2. The van der Waals surface area contributed by atoms with Crippen molar-refractivity contribution in [2.45, 2.75) is 45.1 Å². The third kappa shape index (κ3) is 7.23. The van der Waals surface area contributed by atoms with E-state index >= 15 is 4.39 Å². The van der Waals surface area contributed by atoms with Gasteiger partial charge in [0, 0.05) is 80.6 Å². The second kappa shape index (κ2) is 13.2. The molecular weight excluding hydrogens is 604 g/mol. The number of rotatable bonds is 7. The number of H-pyrrole nitrogens is 1. The van der Waals surface area contributed by atoms with Gasteiger partial charge in [-0.1, -0.05) is 6.08 Å². The number of amides is 1. The summed E-state index contributed by atoms with van der Waals surface area (Å²) in [4.78, 5) is 44.3. The van der Waals surface area contributed by atoms with Crippen molar-refractivity contribution in [1.29, 1.82) is 0 Å². The summed E-state index contributed by atoms with van der Waals surface area (Å²) >= 11 is 0. The fourth-order valence-corrected chi connectivity index (χ4v) is 5.91. The van der Waals surface area contributed by atoms with Crippen molar-refractivity contribution >= 4 is 28.8 Å². The van der Waals surface area contributed by atoms with Gasteiger partial charge in [0.25, 0.3) is 5.91 Å². The van der Waals surface area contributed by atoms with E-state index in [2.05, 4.69) is 25.2 Å². The zero-order chi connectivity index (χ0) is 33.3. The van der Waals surface area contributed by atoms with E-state index in [4.69, 9.17) is 0 Å². The average molecular weight is 643 g/mol. The molecule has 1 amide bonds. The Labute approximate surface area is 264 Å². The molecule has 1 aromatic carbocycles. The first-order valence-electron chi connectivity index (χ1n) is 15.0. The SMILES string of the molecule is C[C@@H]1CN(c2cc(F)c(C3=CCN(c4ncc(CN(C)C)cn4)CC3)cc2NC(=O)c2c[nH]c(=O)cc2C(F)(F)F)C[C@H](C)N1C. The molecule has 2 N–H and O–H groups in total. The Bertz CT molecular complexity index is 1660. The third-order valence-electron chi connectivity index (χ3n) is 8.54. The molecule has 46 heavy (non-hydrogen) atoms. The predicted molar refractivity (Wildman–Crippen MR) is 170 cm³/mol. The maximum Gasteiger partial charge on any atom is 0.417 e. The third-order valence-corrected chi connectivity index (χ3v) is 8.54. The van der Waals surface area contributed by atoms with E-state index in [-0.39, 0.29) is 23.3 Å². The lowest BCUT2D eigenvalue weighted by Crippen LogP contribution is -2.55. The van der Waals surface area contributed by atoms with Gasteiger partial charge < -0.3 is 25.0 Å². The van der Waals surface area contributed by atoms with Crippen LogP contribution in [0.4, 0.5) is 34.9 Å². The van der Waals surface area contributed by atoms with Crippen molar-refractivity contribution in [3.63, 3.8) is 0 Å². The summed E-state index contributed by atoms with van der Waals surface area (Å²) in [6.07, 6.45) is 1.69. The second-order valence-corrected chi connectivity index (χ2v) is 12.2. The van der Waals surface area contributed by atoms with Gasteiger partial charge in [0.2, 0.25) is 11.5 Å². The normalized spacial score (nSPS) is 19.4. The highest BCUT2D eigenvalue weighted by atomic mass is 19.4. The zero-order valence-electron chi connectivity index (χ0n) is 26.5. The number of carbonyl (C=O) groups is 1. The first-order valence-corrected chi connectivity index (χ1v) is 15.0. The number of hydrogen-bond acceptors (Lipinski definition) is 8. The van der Waals surface area contributed by atoms with E-state index in [0.29, 0.717) is 62.4 Å². The predicted octanol–water partition coefficient (Wildman–Crippen LogP) is 4.46. The van der Waals surface area contributed by atoms with Crippen LogP contribution < -0.4 is 20.7 Å². The fourth-order valence-electron chi connectivity index (χ4n) is 5.91. The number of aromatic amines is 1. The van der Waals surface area contributed by atoms with E-state index < -0.39 is 34.6 Å². The molecule has 10 nitrogen and oxygen atoms in total. The minimum atomic E-state index is -4.94. The van der Waals surface area contributed by atoms with Crippen LogP contribution in [0.5, 0.6) is 0 Å². The fraction of sp³-hybridized carbons (Fsp3) is 0.438. The van der Waals surface area contributed by atoms with Gasteiger partial charge in [0.15, 0.2) is 0 Å². The summed E-state index contributed by atoms with van der Waals surface area (Å²) < 4.78 is 57.3. The number of piperazine rings is 1. The molecule has 0 aliphatic carbocycles. The number of carbonyl (C=O) groups excluding carboxylic acids is 1. The highest BCUT2D eigenvalue weighted by Gasteiger charge is 2.36. The van der Waals surface area contributed by atoms with E-state index in [1.54, 1.807) is 12.4 Å². The van der Waals surface area contributed by atoms with Gasteiger partial charge in [0.1, 0.15) is 5.82 Å². The van der Waals surface area contributed by atoms with Crippen LogP contribution >= 0.6 is 0 Å². The Balaban J connectivity index is 1.48. The van der Waals surface area contributed by atoms with Crippen LogP contribution in [0.2, 0.25) is 0 Å². The van der Waals surface area contributed by atoms with Crippen molar-refractivity contribution in [1.82, 2.24) is 24.8 Å². The van der Waals surface area contributed by atoms with Gasteiger partial charge in [-0.05, 0) is 59.1 Å². The molecule has 14 heteroatoms. The molecule has 5 rings (SSSR count). The number of alkyl halides is 3. The number of anilines is 3. The zero-order valence-corrected chi connectivity index (χ0v) is 26.5. The Hall–Kier alpha value is -4.30. The number of nitrogens with zero attached hydrogens (tertiary/aromatic N) is 6. The molecule has 2 aliphatic rings. The van der Waals surface area contributed by atoms with Gasteiger partial charge in [-0.25, -0.2) is 14.4 Å². The van der Waals surface area contributed by atoms with Crippen molar-refractivity contribution in [3.8, 4) is 0 Å². The topological polar surface area (TPSA) is 101 Å². The van der Waals surface area contributed by atoms with Gasteiger partial charge in [-0.2, -0.15) is 13.2 Å². The number of hydrogen-bond donors (Lipinski definition) is 2. The van der Waals surface area contributed by atoms with Gasteiger partial charge in [-0.3, -0.25) is 14.5 Å². The Kier molecular flexibility index (Phi) is 9.49. The quantitative estimate of drug-likeness (QED) is 0.365. The standard InChI is InChI=1S/C32H38F4N8O2/c1-19-16-44(17-20(2)42(19)5)28-12-26(33)23(10-27(28)40-30(46)24-15-37-29(45)11-25(24)32(34,35)36)22-6-8-43(9-7-22)31-38-13-21(14-39-31)18-41(3)4/h6,10-15,19-20H,7-9,16-18H2,1-5H3,(H,37,45)(H,40,46)/t19-,20+.